The van der Waals surface area contributed by atoms with Gasteiger partial charge in [0.15, 0.2) is 0 Å². The average molecular weight is 414 g/mol. The van der Waals surface area contributed by atoms with Gasteiger partial charge in [-0.1, -0.05) is 20.3 Å². The Kier molecular flexibility index (Phi) is 9.53. The van der Waals surface area contributed by atoms with Gasteiger partial charge in [-0.3, -0.25) is 24.0 Å². The van der Waals surface area contributed by atoms with E-state index >= 15 is 0 Å². The minimum absolute atomic E-state index is 0.0356. The zero-order chi connectivity index (χ0) is 22.1. The molecule has 0 saturated carbocycles. The van der Waals surface area contributed by atoms with Gasteiger partial charge in [-0.15, -0.1) is 0 Å². The minimum Gasteiger partial charge on any atom is -0.481 e. The number of nitrogens with two attached hydrogens (primary N) is 1. The molecule has 11 heteroatoms. The Balaban J connectivity index is 2.81. The van der Waals surface area contributed by atoms with Crippen molar-refractivity contribution in [2.45, 2.75) is 64.1 Å². The van der Waals surface area contributed by atoms with Gasteiger partial charge < -0.3 is 31.5 Å². The molecule has 4 atom stereocenters. The van der Waals surface area contributed by atoms with Crippen LogP contribution in [0.2, 0.25) is 0 Å². The largest absolute Gasteiger partial charge is 0.481 e. The van der Waals surface area contributed by atoms with E-state index in [1.54, 1.807) is 6.92 Å². The van der Waals surface area contributed by atoms with Gasteiger partial charge >= 0.3 is 11.9 Å². The second kappa shape index (κ2) is 11.3. The first-order chi connectivity index (χ1) is 13.6. The van der Waals surface area contributed by atoms with E-state index < -0.39 is 54.3 Å². The summed E-state index contributed by atoms with van der Waals surface area (Å²) in [5.74, 6) is -4.14. The van der Waals surface area contributed by atoms with E-state index in [2.05, 4.69) is 10.6 Å². The Hall–Kier alpha value is -2.69. The maximum absolute atomic E-state index is 12.8. The zero-order valence-electron chi connectivity index (χ0n) is 16.7. The SMILES string of the molecule is CCC(C)C(NC(=O)C1CCCN1C(=O)C(N)CCC(=O)O)C(=O)NCC(=O)O. The first kappa shape index (κ1) is 24.3. The average Bonchev–Trinajstić information content (AvgIpc) is 3.16. The summed E-state index contributed by atoms with van der Waals surface area (Å²) in [5, 5.41) is 22.4. The molecule has 1 aliphatic rings. The second-order valence-electron chi connectivity index (χ2n) is 7.21. The highest BCUT2D eigenvalue weighted by molar-refractivity contribution is 5.94. The van der Waals surface area contributed by atoms with E-state index in [1.807, 2.05) is 6.92 Å². The fraction of sp³-hybridized carbons (Fsp3) is 0.722. The van der Waals surface area contributed by atoms with Crippen molar-refractivity contribution in [3.8, 4) is 0 Å². The Morgan fingerprint density at radius 2 is 1.83 bits per heavy atom. The summed E-state index contributed by atoms with van der Waals surface area (Å²) in [4.78, 5) is 60.3. The second-order valence-corrected chi connectivity index (χ2v) is 7.21. The van der Waals surface area contributed by atoms with Gasteiger partial charge in [0.25, 0.3) is 0 Å². The first-order valence-electron chi connectivity index (χ1n) is 9.66. The van der Waals surface area contributed by atoms with Crippen LogP contribution in [0.3, 0.4) is 0 Å². The molecule has 1 fully saturated rings. The first-order valence-corrected chi connectivity index (χ1v) is 9.66. The third-order valence-corrected chi connectivity index (χ3v) is 5.03. The number of hydrogen-bond donors (Lipinski definition) is 5. The Morgan fingerprint density at radius 1 is 1.17 bits per heavy atom. The van der Waals surface area contributed by atoms with Crippen LogP contribution in [0, 0.1) is 5.92 Å². The van der Waals surface area contributed by atoms with Crippen LogP contribution in [-0.2, 0) is 24.0 Å². The van der Waals surface area contributed by atoms with Crippen LogP contribution in [0.1, 0.15) is 46.0 Å². The molecule has 164 valence electrons. The highest BCUT2D eigenvalue weighted by Gasteiger charge is 2.38. The zero-order valence-corrected chi connectivity index (χ0v) is 16.7. The summed E-state index contributed by atoms with van der Waals surface area (Å²) >= 11 is 0. The molecule has 0 spiro atoms. The third-order valence-electron chi connectivity index (χ3n) is 5.03. The van der Waals surface area contributed by atoms with Gasteiger partial charge in [0, 0.05) is 13.0 Å². The van der Waals surface area contributed by atoms with E-state index in [1.165, 1.54) is 4.90 Å². The van der Waals surface area contributed by atoms with Crippen LogP contribution in [0.5, 0.6) is 0 Å². The quantitative estimate of drug-likeness (QED) is 0.283. The minimum atomic E-state index is -1.20. The Labute approximate surface area is 169 Å². The monoisotopic (exact) mass is 414 g/mol. The van der Waals surface area contributed by atoms with E-state index in [0.29, 0.717) is 25.8 Å². The van der Waals surface area contributed by atoms with Crippen molar-refractivity contribution in [1.29, 1.82) is 0 Å². The van der Waals surface area contributed by atoms with Crippen molar-refractivity contribution in [3.63, 3.8) is 0 Å². The van der Waals surface area contributed by atoms with Gasteiger partial charge in [-0.25, -0.2) is 0 Å². The number of carboxylic acids is 2. The highest BCUT2D eigenvalue weighted by atomic mass is 16.4. The Bertz CT molecular complexity index is 640. The molecular weight excluding hydrogens is 384 g/mol. The van der Waals surface area contributed by atoms with Gasteiger partial charge in [0.2, 0.25) is 17.7 Å². The summed E-state index contributed by atoms with van der Waals surface area (Å²) in [6.45, 7) is 3.34. The molecule has 0 bridgehead atoms. The smallest absolute Gasteiger partial charge is 0.322 e. The predicted octanol–water partition coefficient (Wildman–Crippen LogP) is -1.10. The molecule has 1 rings (SSSR count). The number of nitrogens with zero attached hydrogens (tertiary/aromatic N) is 1. The van der Waals surface area contributed by atoms with E-state index in [9.17, 15) is 24.0 Å². The number of carboxylic acid groups (broad SMARTS) is 2. The molecule has 6 N–H and O–H groups in total. The van der Waals surface area contributed by atoms with Gasteiger partial charge in [-0.2, -0.15) is 0 Å². The van der Waals surface area contributed by atoms with Crippen LogP contribution in [0.15, 0.2) is 0 Å². The summed E-state index contributed by atoms with van der Waals surface area (Å²) in [6.07, 6.45) is 1.25. The molecule has 0 aromatic rings. The number of carbonyl (C=O) groups is 5. The van der Waals surface area contributed by atoms with Gasteiger partial charge in [0.1, 0.15) is 18.6 Å². The van der Waals surface area contributed by atoms with Crippen LogP contribution in [-0.4, -0.2) is 76.0 Å². The number of aliphatic carboxylic acids is 2. The number of amides is 3. The summed E-state index contributed by atoms with van der Waals surface area (Å²) in [7, 11) is 0. The predicted molar refractivity (Wildman–Crippen MR) is 102 cm³/mol. The van der Waals surface area contributed by atoms with Crippen molar-refractivity contribution >= 4 is 29.7 Å². The number of carbonyl (C=O) groups excluding carboxylic acids is 3. The molecular formula is C18H30N4O7. The van der Waals surface area contributed by atoms with Gasteiger partial charge in [0.05, 0.1) is 6.04 Å². The lowest BCUT2D eigenvalue weighted by Gasteiger charge is -2.29. The number of hydrogen-bond acceptors (Lipinski definition) is 6. The number of rotatable bonds is 11. The fourth-order valence-electron chi connectivity index (χ4n) is 3.14. The lowest BCUT2D eigenvalue weighted by Crippen LogP contribution is -2.57. The molecule has 4 unspecified atom stereocenters. The molecule has 11 nitrogen and oxygen atoms in total. The molecule has 29 heavy (non-hydrogen) atoms. The van der Waals surface area contributed by atoms with Crippen LogP contribution in [0.25, 0.3) is 0 Å². The van der Waals surface area contributed by atoms with E-state index in [0.717, 1.165) is 0 Å². The summed E-state index contributed by atoms with van der Waals surface area (Å²) in [5.41, 5.74) is 5.79. The molecule has 0 aliphatic carbocycles. The van der Waals surface area contributed by atoms with Crippen LogP contribution in [0.4, 0.5) is 0 Å². The van der Waals surface area contributed by atoms with Crippen molar-refractivity contribution in [3.05, 3.63) is 0 Å². The normalized spacial score (nSPS) is 19.1. The van der Waals surface area contributed by atoms with Crippen molar-refractivity contribution < 1.29 is 34.2 Å². The third kappa shape index (κ3) is 7.33. The van der Waals surface area contributed by atoms with Crippen molar-refractivity contribution in [2.24, 2.45) is 11.7 Å². The summed E-state index contributed by atoms with van der Waals surface area (Å²) in [6, 6.07) is -2.77. The van der Waals surface area contributed by atoms with Crippen LogP contribution < -0.4 is 16.4 Å². The van der Waals surface area contributed by atoms with Crippen molar-refractivity contribution in [1.82, 2.24) is 15.5 Å². The molecule has 0 aromatic carbocycles. The van der Waals surface area contributed by atoms with Gasteiger partial charge in [-0.05, 0) is 25.2 Å². The molecule has 1 saturated heterocycles. The number of likely N-dealkylation sites (tertiary alicyclic amines) is 1. The molecule has 0 radical (unpaired) electrons. The fourth-order valence-corrected chi connectivity index (χ4v) is 3.14. The maximum atomic E-state index is 12.8. The molecule has 3 amide bonds. The maximum Gasteiger partial charge on any atom is 0.322 e. The molecule has 1 heterocycles. The van der Waals surface area contributed by atoms with E-state index in [4.69, 9.17) is 15.9 Å². The molecule has 0 aromatic heterocycles. The topological polar surface area (TPSA) is 179 Å². The Morgan fingerprint density at radius 3 is 2.38 bits per heavy atom. The highest BCUT2D eigenvalue weighted by Crippen LogP contribution is 2.20. The lowest BCUT2D eigenvalue weighted by molar-refractivity contribution is -0.142. The van der Waals surface area contributed by atoms with E-state index in [-0.39, 0.29) is 18.8 Å². The standard InChI is InChI=1S/C18H30N4O7/c1-3-10(2)15(17(28)20-9-14(25)26)21-16(27)12-5-4-8-22(12)18(29)11(19)6-7-13(23)24/h10-12,15H,3-9,19H2,1-2H3,(H,20,28)(H,21,27)(H,23,24)(H,25,26). The summed E-state index contributed by atoms with van der Waals surface area (Å²) < 4.78 is 0. The number of nitrogens with one attached hydrogen (secondary N) is 2. The lowest BCUT2D eigenvalue weighted by atomic mass is 9.97. The van der Waals surface area contributed by atoms with Crippen molar-refractivity contribution in [2.75, 3.05) is 13.1 Å². The molecule has 1 aliphatic heterocycles. The van der Waals surface area contributed by atoms with Crippen LogP contribution >= 0.6 is 0 Å².